The Bertz CT molecular complexity index is 874. The molecule has 0 aromatic heterocycles. The molecule has 0 aliphatic carbocycles. The highest BCUT2D eigenvalue weighted by Gasteiger charge is 2.35. The van der Waals surface area contributed by atoms with Crippen molar-refractivity contribution in [3.63, 3.8) is 0 Å². The molecule has 1 aliphatic heterocycles. The number of carbonyl (C=O) groups excluding carboxylic acids is 1. The van der Waals surface area contributed by atoms with Gasteiger partial charge in [0.05, 0.1) is 20.3 Å². The van der Waals surface area contributed by atoms with E-state index >= 15 is 0 Å². The number of nitrogens with one attached hydrogen (secondary N) is 1. The van der Waals surface area contributed by atoms with Gasteiger partial charge in [-0.2, -0.15) is 0 Å². The smallest absolute Gasteiger partial charge is 0.240 e. The molecule has 0 bridgehead atoms. The third-order valence-electron chi connectivity index (χ3n) is 5.98. The van der Waals surface area contributed by atoms with Crippen molar-refractivity contribution in [3.05, 3.63) is 59.2 Å². The van der Waals surface area contributed by atoms with Crippen LogP contribution in [0.4, 0.5) is 0 Å². The second-order valence-corrected chi connectivity index (χ2v) is 9.33. The largest absolute Gasteiger partial charge is 0.493 e. The third kappa shape index (κ3) is 5.79. The van der Waals surface area contributed by atoms with Crippen LogP contribution in [-0.4, -0.2) is 44.2 Å². The first-order valence-corrected chi connectivity index (χ1v) is 11.1. The molecule has 0 saturated heterocycles. The van der Waals surface area contributed by atoms with Gasteiger partial charge in [-0.3, -0.25) is 4.79 Å². The van der Waals surface area contributed by atoms with E-state index in [0.717, 1.165) is 43.7 Å². The van der Waals surface area contributed by atoms with Crippen molar-refractivity contribution in [2.24, 2.45) is 5.41 Å². The Hall–Kier alpha value is -2.53. The lowest BCUT2D eigenvalue weighted by Crippen LogP contribution is -2.54. The molecule has 0 unspecified atom stereocenters. The average Bonchev–Trinajstić information content (AvgIpc) is 2.77. The maximum Gasteiger partial charge on any atom is 0.240 e. The van der Waals surface area contributed by atoms with Crippen molar-refractivity contribution in [1.29, 1.82) is 0 Å². The second kappa shape index (κ2) is 10.2. The van der Waals surface area contributed by atoms with Gasteiger partial charge in [-0.25, -0.2) is 0 Å². The molecule has 1 amide bonds. The topological polar surface area (TPSA) is 50.8 Å². The third-order valence-corrected chi connectivity index (χ3v) is 5.98. The van der Waals surface area contributed by atoms with Gasteiger partial charge in [-0.15, -0.1) is 0 Å². The van der Waals surface area contributed by atoms with E-state index in [9.17, 15) is 4.79 Å². The zero-order valence-corrected chi connectivity index (χ0v) is 19.5. The van der Waals surface area contributed by atoms with E-state index in [1.54, 1.807) is 14.2 Å². The number of rotatable bonds is 8. The number of carbonyl (C=O) groups is 1. The molecule has 3 rings (SSSR count). The fraction of sp³-hybridized carbons (Fsp3) is 0.500. The molecule has 5 heteroatoms. The lowest BCUT2D eigenvalue weighted by molar-refractivity contribution is -0.137. The summed E-state index contributed by atoms with van der Waals surface area (Å²) in [6.07, 6.45) is 2.84. The Morgan fingerprint density at radius 3 is 2.32 bits per heavy atom. The van der Waals surface area contributed by atoms with Gasteiger partial charge < -0.3 is 19.7 Å². The molecular formula is C26H36N2O3. The van der Waals surface area contributed by atoms with Crippen molar-refractivity contribution < 1.29 is 14.3 Å². The molecule has 5 nitrogen and oxygen atoms in total. The quantitative estimate of drug-likeness (QED) is 0.645. The normalized spacial score (nSPS) is 14.7. The Labute approximate surface area is 186 Å². The lowest BCUT2D eigenvalue weighted by Gasteiger charge is -2.37. The summed E-state index contributed by atoms with van der Waals surface area (Å²) in [5, 5.41) is 3.56. The van der Waals surface area contributed by atoms with Crippen LogP contribution in [0.2, 0.25) is 0 Å². The van der Waals surface area contributed by atoms with Crippen LogP contribution in [0, 0.1) is 5.41 Å². The summed E-state index contributed by atoms with van der Waals surface area (Å²) >= 11 is 0. The maximum atomic E-state index is 13.5. The standard InChI is InChI=1S/C26H36N2O3/c1-26(2,3)24(27-14-9-12-19-10-7-6-8-11-19)25(29)28-15-13-20-16-22(30-4)23(31-5)17-21(20)18-28/h6-8,10-11,16-17,24,27H,9,12-15,18H2,1-5H3/t24-/m0/s1. The fourth-order valence-electron chi connectivity index (χ4n) is 4.20. The van der Waals surface area contributed by atoms with Gasteiger partial charge in [0, 0.05) is 13.1 Å². The van der Waals surface area contributed by atoms with Crippen LogP contribution in [-0.2, 0) is 24.2 Å². The summed E-state index contributed by atoms with van der Waals surface area (Å²) in [4.78, 5) is 15.5. The number of nitrogens with zero attached hydrogens (tertiary/aromatic N) is 1. The van der Waals surface area contributed by atoms with Crippen LogP contribution < -0.4 is 14.8 Å². The monoisotopic (exact) mass is 424 g/mol. The number of hydrogen-bond donors (Lipinski definition) is 1. The molecular weight excluding hydrogens is 388 g/mol. The molecule has 2 aromatic carbocycles. The Morgan fingerprint density at radius 1 is 1.06 bits per heavy atom. The van der Waals surface area contributed by atoms with Crippen LogP contribution in [0.5, 0.6) is 11.5 Å². The van der Waals surface area contributed by atoms with E-state index in [2.05, 4.69) is 50.4 Å². The van der Waals surface area contributed by atoms with Crippen LogP contribution in [0.1, 0.15) is 43.9 Å². The molecule has 0 saturated carbocycles. The summed E-state index contributed by atoms with van der Waals surface area (Å²) in [7, 11) is 3.30. The predicted octanol–water partition coefficient (Wildman–Crippen LogP) is 4.23. The van der Waals surface area contributed by atoms with Crippen LogP contribution >= 0.6 is 0 Å². The second-order valence-electron chi connectivity index (χ2n) is 9.33. The summed E-state index contributed by atoms with van der Waals surface area (Å²) in [6, 6.07) is 14.3. The summed E-state index contributed by atoms with van der Waals surface area (Å²) in [6.45, 7) is 8.53. The zero-order chi connectivity index (χ0) is 22.4. The maximum absolute atomic E-state index is 13.5. The SMILES string of the molecule is COc1cc2c(cc1OC)CN(C(=O)[C@H](NCCCc1ccccc1)C(C)(C)C)CC2. The molecule has 1 atom stereocenters. The first-order valence-electron chi connectivity index (χ1n) is 11.1. The number of amides is 1. The number of aryl methyl sites for hydroxylation is 1. The molecule has 0 fully saturated rings. The highest BCUT2D eigenvalue weighted by molar-refractivity contribution is 5.83. The van der Waals surface area contributed by atoms with Gasteiger partial charge in [0.25, 0.3) is 0 Å². The molecule has 0 radical (unpaired) electrons. The summed E-state index contributed by atoms with van der Waals surface area (Å²) in [5.41, 5.74) is 3.53. The fourth-order valence-corrected chi connectivity index (χ4v) is 4.20. The van der Waals surface area contributed by atoms with E-state index in [0.29, 0.717) is 12.3 Å². The summed E-state index contributed by atoms with van der Waals surface area (Å²) < 4.78 is 10.9. The highest BCUT2D eigenvalue weighted by atomic mass is 16.5. The number of fused-ring (bicyclic) bond motifs is 1. The Kier molecular flexibility index (Phi) is 7.60. The molecule has 1 N–H and O–H groups in total. The van der Waals surface area contributed by atoms with Crippen molar-refractivity contribution >= 4 is 5.91 Å². The van der Waals surface area contributed by atoms with Gasteiger partial charge in [0.15, 0.2) is 11.5 Å². The number of ether oxygens (including phenoxy) is 2. The first-order chi connectivity index (χ1) is 14.8. The summed E-state index contributed by atoms with van der Waals surface area (Å²) in [5.74, 6) is 1.63. The van der Waals surface area contributed by atoms with Crippen LogP contribution in [0.3, 0.4) is 0 Å². The van der Waals surface area contributed by atoms with Gasteiger partial charge in [-0.1, -0.05) is 51.1 Å². The minimum atomic E-state index is -0.218. The van der Waals surface area contributed by atoms with E-state index < -0.39 is 0 Å². The van der Waals surface area contributed by atoms with E-state index in [1.165, 1.54) is 11.1 Å². The van der Waals surface area contributed by atoms with Gasteiger partial charge in [0.1, 0.15) is 0 Å². The van der Waals surface area contributed by atoms with Crippen LogP contribution in [0.15, 0.2) is 42.5 Å². The van der Waals surface area contributed by atoms with Crippen molar-refractivity contribution in [2.75, 3.05) is 27.3 Å². The molecule has 1 heterocycles. The van der Waals surface area contributed by atoms with Crippen LogP contribution in [0.25, 0.3) is 0 Å². The van der Waals surface area contributed by atoms with Crippen molar-refractivity contribution in [3.8, 4) is 11.5 Å². The molecule has 1 aliphatic rings. The van der Waals surface area contributed by atoms with E-state index in [-0.39, 0.29) is 17.4 Å². The molecule has 2 aromatic rings. The Morgan fingerprint density at radius 2 is 1.71 bits per heavy atom. The highest BCUT2D eigenvalue weighted by Crippen LogP contribution is 2.34. The molecule has 0 spiro atoms. The molecule has 31 heavy (non-hydrogen) atoms. The van der Waals surface area contributed by atoms with Crippen molar-refractivity contribution in [2.45, 2.75) is 52.6 Å². The first kappa shape index (κ1) is 23.1. The average molecular weight is 425 g/mol. The molecule has 168 valence electrons. The van der Waals surface area contributed by atoms with Gasteiger partial charge in [0.2, 0.25) is 5.91 Å². The number of hydrogen-bond acceptors (Lipinski definition) is 4. The van der Waals surface area contributed by atoms with E-state index in [4.69, 9.17) is 9.47 Å². The minimum Gasteiger partial charge on any atom is -0.493 e. The minimum absolute atomic E-state index is 0.165. The van der Waals surface area contributed by atoms with Crippen molar-refractivity contribution in [1.82, 2.24) is 10.2 Å². The zero-order valence-electron chi connectivity index (χ0n) is 19.5. The number of benzene rings is 2. The van der Waals surface area contributed by atoms with E-state index in [1.807, 2.05) is 23.1 Å². The van der Waals surface area contributed by atoms with Gasteiger partial charge in [-0.05, 0) is 60.0 Å². The predicted molar refractivity (Wildman–Crippen MR) is 125 cm³/mol. The number of methoxy groups -OCH3 is 2. The Balaban J connectivity index is 1.65. The lowest BCUT2D eigenvalue weighted by atomic mass is 9.85. The van der Waals surface area contributed by atoms with Gasteiger partial charge >= 0.3 is 0 Å².